The zero-order valence-electron chi connectivity index (χ0n) is 7.10. The zero-order chi connectivity index (χ0) is 9.73. The van der Waals surface area contributed by atoms with Crippen molar-refractivity contribution in [2.24, 2.45) is 0 Å². The quantitative estimate of drug-likeness (QED) is 0.789. The van der Waals surface area contributed by atoms with Crippen LogP contribution in [0.5, 0.6) is 0 Å². The highest BCUT2D eigenvalue weighted by Crippen LogP contribution is 2.03. The minimum atomic E-state index is -3.25. The molecule has 1 aromatic carbocycles. The van der Waals surface area contributed by atoms with Gasteiger partial charge < -0.3 is 0 Å². The average molecular weight is 197 g/mol. The monoisotopic (exact) mass is 197 g/mol. The molecule has 1 N–H and O–H groups in total. The predicted octanol–water partition coefficient (Wildman–Crippen LogP) is 1.25. The van der Waals surface area contributed by atoms with Crippen LogP contribution < -0.4 is 4.72 Å². The molecule has 0 saturated carbocycles. The van der Waals surface area contributed by atoms with Crippen LogP contribution >= 0.6 is 0 Å². The van der Waals surface area contributed by atoms with Crippen LogP contribution in [-0.2, 0) is 15.8 Å². The van der Waals surface area contributed by atoms with Crippen molar-refractivity contribution >= 4 is 10.0 Å². The number of rotatable bonds is 4. The summed E-state index contributed by atoms with van der Waals surface area (Å²) in [6.45, 7) is 3.30. The second kappa shape index (κ2) is 4.09. The van der Waals surface area contributed by atoms with Gasteiger partial charge in [0, 0.05) is 6.20 Å². The van der Waals surface area contributed by atoms with Gasteiger partial charge in [-0.05, 0) is 5.56 Å². The summed E-state index contributed by atoms with van der Waals surface area (Å²) in [5, 5.41) is 0. The SMILES string of the molecule is C=CNS(=O)(=O)Cc1ccccc1. The minimum absolute atomic E-state index is 0.0140. The molecule has 0 heterocycles. The summed E-state index contributed by atoms with van der Waals surface area (Å²) in [6.07, 6.45) is 1.16. The van der Waals surface area contributed by atoms with E-state index in [1.54, 1.807) is 24.3 Å². The van der Waals surface area contributed by atoms with E-state index in [2.05, 4.69) is 11.3 Å². The van der Waals surface area contributed by atoms with E-state index in [4.69, 9.17) is 0 Å². The summed E-state index contributed by atoms with van der Waals surface area (Å²) in [5.41, 5.74) is 0.761. The molecule has 0 fully saturated rings. The van der Waals surface area contributed by atoms with Gasteiger partial charge in [0.1, 0.15) is 0 Å². The molecule has 13 heavy (non-hydrogen) atoms. The summed E-state index contributed by atoms with van der Waals surface area (Å²) in [5.74, 6) is -0.0140. The van der Waals surface area contributed by atoms with E-state index in [0.29, 0.717) is 0 Å². The van der Waals surface area contributed by atoms with Gasteiger partial charge in [-0.15, -0.1) is 0 Å². The molecule has 3 nitrogen and oxygen atoms in total. The van der Waals surface area contributed by atoms with Gasteiger partial charge in [0.25, 0.3) is 0 Å². The summed E-state index contributed by atoms with van der Waals surface area (Å²) in [6, 6.07) is 8.99. The van der Waals surface area contributed by atoms with Crippen molar-refractivity contribution in [1.82, 2.24) is 4.72 Å². The van der Waals surface area contributed by atoms with Crippen LogP contribution in [0.15, 0.2) is 43.1 Å². The number of nitrogens with one attached hydrogen (secondary N) is 1. The molecule has 1 aromatic rings. The summed E-state index contributed by atoms with van der Waals surface area (Å²) < 4.78 is 24.6. The van der Waals surface area contributed by atoms with Gasteiger partial charge in [-0.25, -0.2) is 8.42 Å². The highest BCUT2D eigenvalue weighted by Gasteiger charge is 2.07. The van der Waals surface area contributed by atoms with Crippen molar-refractivity contribution in [1.29, 1.82) is 0 Å². The first-order valence-electron chi connectivity index (χ1n) is 3.79. The summed E-state index contributed by atoms with van der Waals surface area (Å²) in [7, 11) is -3.25. The molecule has 0 aliphatic heterocycles. The second-order valence-electron chi connectivity index (χ2n) is 2.57. The maximum atomic E-state index is 11.2. The van der Waals surface area contributed by atoms with E-state index in [1.807, 2.05) is 6.07 Å². The Bertz CT molecular complexity index is 370. The third-order valence-electron chi connectivity index (χ3n) is 1.46. The van der Waals surface area contributed by atoms with Crippen molar-refractivity contribution in [2.45, 2.75) is 5.75 Å². The first kappa shape index (κ1) is 9.80. The van der Waals surface area contributed by atoms with Crippen LogP contribution in [0, 0.1) is 0 Å². The molecular weight excluding hydrogens is 186 g/mol. The molecule has 0 bridgehead atoms. The Hall–Kier alpha value is -1.29. The van der Waals surface area contributed by atoms with Crippen LogP contribution in [0.2, 0.25) is 0 Å². The largest absolute Gasteiger partial charge is 0.291 e. The van der Waals surface area contributed by atoms with Crippen molar-refractivity contribution in [3.63, 3.8) is 0 Å². The first-order valence-corrected chi connectivity index (χ1v) is 5.44. The number of benzene rings is 1. The molecule has 1 rings (SSSR count). The fourth-order valence-electron chi connectivity index (χ4n) is 0.962. The fraction of sp³-hybridized carbons (Fsp3) is 0.111. The van der Waals surface area contributed by atoms with E-state index in [-0.39, 0.29) is 5.75 Å². The van der Waals surface area contributed by atoms with Crippen LogP contribution in [0.1, 0.15) is 5.56 Å². The normalized spacial score (nSPS) is 10.8. The van der Waals surface area contributed by atoms with E-state index < -0.39 is 10.0 Å². The number of hydrogen-bond donors (Lipinski definition) is 1. The van der Waals surface area contributed by atoms with Crippen molar-refractivity contribution in [2.75, 3.05) is 0 Å². The average Bonchev–Trinajstić information content (AvgIpc) is 2.04. The molecule has 4 heteroatoms. The lowest BCUT2D eigenvalue weighted by molar-refractivity contribution is 0.590. The maximum absolute atomic E-state index is 11.2. The van der Waals surface area contributed by atoms with Gasteiger partial charge in [-0.3, -0.25) is 4.72 Å². The lowest BCUT2D eigenvalue weighted by atomic mass is 10.2. The Kier molecular flexibility index (Phi) is 3.08. The van der Waals surface area contributed by atoms with Gasteiger partial charge >= 0.3 is 0 Å². The van der Waals surface area contributed by atoms with Crippen molar-refractivity contribution in [3.05, 3.63) is 48.7 Å². The number of hydrogen-bond acceptors (Lipinski definition) is 2. The molecule has 0 spiro atoms. The van der Waals surface area contributed by atoms with E-state index in [1.165, 1.54) is 0 Å². The highest BCUT2D eigenvalue weighted by molar-refractivity contribution is 7.88. The minimum Gasteiger partial charge on any atom is -0.291 e. The van der Waals surface area contributed by atoms with E-state index in [0.717, 1.165) is 11.8 Å². The second-order valence-corrected chi connectivity index (χ2v) is 4.32. The molecule has 0 aliphatic carbocycles. The molecule has 0 aliphatic rings. The fourth-order valence-corrected chi connectivity index (χ4v) is 1.93. The predicted molar refractivity (Wildman–Crippen MR) is 52.4 cm³/mol. The standard InChI is InChI=1S/C9H11NO2S/c1-2-10-13(11,12)8-9-6-4-3-5-7-9/h2-7,10H,1,8H2. The van der Waals surface area contributed by atoms with E-state index >= 15 is 0 Å². The van der Waals surface area contributed by atoms with Crippen molar-refractivity contribution in [3.8, 4) is 0 Å². The molecule has 0 atom stereocenters. The van der Waals surface area contributed by atoms with Gasteiger partial charge in [-0.2, -0.15) is 0 Å². The lowest BCUT2D eigenvalue weighted by Crippen LogP contribution is -2.19. The van der Waals surface area contributed by atoms with Gasteiger partial charge in [0.05, 0.1) is 5.75 Å². The van der Waals surface area contributed by atoms with Crippen molar-refractivity contribution < 1.29 is 8.42 Å². The molecule has 0 radical (unpaired) electrons. The molecule has 0 unspecified atom stereocenters. The Morgan fingerprint density at radius 2 is 1.92 bits per heavy atom. The van der Waals surface area contributed by atoms with Gasteiger partial charge in [0.2, 0.25) is 10.0 Å². The van der Waals surface area contributed by atoms with Crippen LogP contribution in [-0.4, -0.2) is 8.42 Å². The van der Waals surface area contributed by atoms with Gasteiger partial charge in [0.15, 0.2) is 0 Å². The third kappa shape index (κ3) is 3.29. The smallest absolute Gasteiger partial charge is 0.236 e. The van der Waals surface area contributed by atoms with Crippen LogP contribution in [0.25, 0.3) is 0 Å². The van der Waals surface area contributed by atoms with Crippen LogP contribution in [0.4, 0.5) is 0 Å². The summed E-state index contributed by atoms with van der Waals surface area (Å²) >= 11 is 0. The topological polar surface area (TPSA) is 46.2 Å². The Balaban J connectivity index is 2.75. The third-order valence-corrected chi connectivity index (χ3v) is 2.70. The zero-order valence-corrected chi connectivity index (χ0v) is 7.92. The molecule has 0 amide bonds. The Morgan fingerprint density at radius 3 is 2.46 bits per heavy atom. The van der Waals surface area contributed by atoms with Crippen LogP contribution in [0.3, 0.4) is 0 Å². The molecule has 70 valence electrons. The molecular formula is C9H11NO2S. The Morgan fingerprint density at radius 1 is 1.31 bits per heavy atom. The number of sulfonamides is 1. The van der Waals surface area contributed by atoms with E-state index in [9.17, 15) is 8.42 Å². The maximum Gasteiger partial charge on any atom is 0.236 e. The Labute approximate surface area is 78.1 Å². The van der Waals surface area contributed by atoms with Gasteiger partial charge in [-0.1, -0.05) is 36.9 Å². The first-order chi connectivity index (χ1) is 6.14. The highest BCUT2D eigenvalue weighted by atomic mass is 32.2. The lowest BCUT2D eigenvalue weighted by Gasteiger charge is -2.02. The molecule has 0 aromatic heterocycles. The summed E-state index contributed by atoms with van der Waals surface area (Å²) in [4.78, 5) is 0. The molecule has 0 saturated heterocycles.